The Balaban J connectivity index is 1.41. The van der Waals surface area contributed by atoms with Crippen LogP contribution < -0.4 is 10.7 Å². The third kappa shape index (κ3) is 4.18. The van der Waals surface area contributed by atoms with Crippen LogP contribution in [0.2, 0.25) is 0 Å². The number of aromatic nitrogens is 2. The SMILES string of the molecule is CC[C@@H]1CN(C2C(C#N)C(=O)NC3=CN(CC#N)NC32)[C@@H](C)CN1[C@@H](C)c1ccc2nccnc2c1. The second-order valence-corrected chi connectivity index (χ2v) is 9.85. The van der Waals surface area contributed by atoms with Crippen molar-refractivity contribution in [3.05, 3.63) is 48.1 Å². The number of hydrazine groups is 1. The van der Waals surface area contributed by atoms with Gasteiger partial charge < -0.3 is 5.32 Å². The molecule has 3 unspecified atom stereocenters. The number of rotatable bonds is 5. The lowest BCUT2D eigenvalue weighted by molar-refractivity contribution is -0.128. The number of nitrogens with one attached hydrogen (secondary N) is 2. The Bertz CT molecular complexity index is 1260. The first-order valence-electron chi connectivity index (χ1n) is 12.5. The summed E-state index contributed by atoms with van der Waals surface area (Å²) in [6, 6.07) is 10.7. The standard InChI is InChI=1S/C26H31N9O/c1-4-19-14-34(25-20(12-28)26(36)31-23-15-33(10-7-27)32-24(23)25)16(2)13-35(19)17(3)18-5-6-21-22(11-18)30-9-8-29-21/h5-6,8-9,11,15-17,19-20,24-25,32H,4,10,13-14H2,1-3H3,(H,31,36)/t16-,17-,19+,20?,24?,25?/m0/s1. The van der Waals surface area contributed by atoms with Gasteiger partial charge in [0.1, 0.15) is 12.5 Å². The van der Waals surface area contributed by atoms with Crippen molar-refractivity contribution in [2.75, 3.05) is 19.6 Å². The van der Waals surface area contributed by atoms with Gasteiger partial charge in [-0.2, -0.15) is 10.5 Å². The molecule has 186 valence electrons. The van der Waals surface area contributed by atoms with Crippen molar-refractivity contribution in [1.82, 2.24) is 35.5 Å². The number of benzene rings is 1. The Morgan fingerprint density at radius 1 is 1.19 bits per heavy atom. The summed E-state index contributed by atoms with van der Waals surface area (Å²) in [6.45, 7) is 8.30. The molecule has 10 nitrogen and oxygen atoms in total. The monoisotopic (exact) mass is 485 g/mol. The van der Waals surface area contributed by atoms with Gasteiger partial charge in [-0.1, -0.05) is 13.0 Å². The van der Waals surface area contributed by atoms with Crippen molar-refractivity contribution in [2.24, 2.45) is 5.92 Å². The molecule has 36 heavy (non-hydrogen) atoms. The molecule has 2 N–H and O–H groups in total. The van der Waals surface area contributed by atoms with E-state index >= 15 is 0 Å². The van der Waals surface area contributed by atoms with Crippen LogP contribution in [-0.2, 0) is 4.79 Å². The average Bonchev–Trinajstić information content (AvgIpc) is 3.29. The number of hydrogen-bond donors (Lipinski definition) is 2. The third-order valence-electron chi connectivity index (χ3n) is 7.81. The molecule has 2 aromatic rings. The van der Waals surface area contributed by atoms with Gasteiger partial charge in [0.25, 0.3) is 0 Å². The van der Waals surface area contributed by atoms with Crippen molar-refractivity contribution in [1.29, 1.82) is 10.5 Å². The molecule has 5 rings (SSSR count). The van der Waals surface area contributed by atoms with E-state index in [0.29, 0.717) is 0 Å². The number of piperazine rings is 1. The molecular weight excluding hydrogens is 454 g/mol. The van der Waals surface area contributed by atoms with Gasteiger partial charge in [-0.05, 0) is 38.0 Å². The Morgan fingerprint density at radius 3 is 2.69 bits per heavy atom. The largest absolute Gasteiger partial charge is 0.326 e. The van der Waals surface area contributed by atoms with Crippen LogP contribution >= 0.6 is 0 Å². The van der Waals surface area contributed by atoms with E-state index in [9.17, 15) is 10.1 Å². The van der Waals surface area contributed by atoms with Crippen molar-refractivity contribution in [3.8, 4) is 12.1 Å². The van der Waals surface area contributed by atoms with Gasteiger partial charge in [0, 0.05) is 49.8 Å². The molecule has 3 aliphatic heterocycles. The fourth-order valence-corrected chi connectivity index (χ4v) is 5.93. The summed E-state index contributed by atoms with van der Waals surface area (Å²) in [6.07, 6.45) is 6.14. The number of hydrogen-bond acceptors (Lipinski definition) is 9. The van der Waals surface area contributed by atoms with Gasteiger partial charge in [-0.15, -0.1) is 0 Å². The second kappa shape index (κ2) is 9.82. The molecule has 2 saturated heterocycles. The molecule has 1 aromatic carbocycles. The molecule has 6 atom stereocenters. The highest BCUT2D eigenvalue weighted by atomic mass is 16.2. The number of nitrogens with zero attached hydrogens (tertiary/aromatic N) is 7. The minimum Gasteiger partial charge on any atom is -0.326 e. The van der Waals surface area contributed by atoms with Crippen LogP contribution in [0.5, 0.6) is 0 Å². The first-order valence-corrected chi connectivity index (χ1v) is 12.5. The lowest BCUT2D eigenvalue weighted by Gasteiger charge is -2.52. The van der Waals surface area contributed by atoms with Crippen LogP contribution in [0.1, 0.15) is 38.8 Å². The Kier molecular flexibility index (Phi) is 6.59. The van der Waals surface area contributed by atoms with Gasteiger partial charge in [0.05, 0.1) is 41.0 Å². The molecular formula is C26H31N9O. The molecule has 0 bridgehead atoms. The zero-order valence-corrected chi connectivity index (χ0v) is 20.8. The molecule has 0 aliphatic carbocycles. The van der Waals surface area contributed by atoms with Crippen LogP contribution in [0, 0.1) is 28.6 Å². The first-order chi connectivity index (χ1) is 17.4. The quantitative estimate of drug-likeness (QED) is 0.609. The maximum absolute atomic E-state index is 12.9. The zero-order valence-electron chi connectivity index (χ0n) is 20.8. The number of fused-ring (bicyclic) bond motifs is 2. The van der Waals surface area contributed by atoms with Crippen molar-refractivity contribution in [2.45, 2.75) is 57.4 Å². The van der Waals surface area contributed by atoms with Crippen LogP contribution in [0.25, 0.3) is 11.0 Å². The maximum Gasteiger partial charge on any atom is 0.243 e. The average molecular weight is 486 g/mol. The van der Waals surface area contributed by atoms with E-state index in [1.54, 1.807) is 23.6 Å². The molecule has 0 radical (unpaired) electrons. The summed E-state index contributed by atoms with van der Waals surface area (Å²) in [5.74, 6) is -1.08. The summed E-state index contributed by atoms with van der Waals surface area (Å²) >= 11 is 0. The fourth-order valence-electron chi connectivity index (χ4n) is 5.93. The lowest BCUT2D eigenvalue weighted by atomic mass is 9.84. The topological polar surface area (TPSA) is 124 Å². The molecule has 10 heteroatoms. The van der Waals surface area contributed by atoms with Gasteiger partial charge in [-0.3, -0.25) is 29.6 Å². The number of nitriles is 2. The van der Waals surface area contributed by atoms with Gasteiger partial charge in [0.2, 0.25) is 5.91 Å². The van der Waals surface area contributed by atoms with E-state index in [2.05, 4.69) is 75.6 Å². The molecule has 3 aliphatic rings. The minimum absolute atomic E-state index is 0.121. The van der Waals surface area contributed by atoms with Crippen molar-refractivity contribution >= 4 is 16.9 Å². The smallest absolute Gasteiger partial charge is 0.243 e. The molecule has 1 amide bonds. The Morgan fingerprint density at radius 2 is 1.97 bits per heavy atom. The highest BCUT2D eigenvalue weighted by Crippen LogP contribution is 2.35. The molecule has 1 aromatic heterocycles. The van der Waals surface area contributed by atoms with E-state index in [-0.39, 0.29) is 42.7 Å². The Labute approximate surface area is 211 Å². The number of carbonyl (C=O) groups excluding carboxylic acids is 1. The van der Waals surface area contributed by atoms with Gasteiger partial charge in [0.15, 0.2) is 0 Å². The molecule has 0 spiro atoms. The summed E-state index contributed by atoms with van der Waals surface area (Å²) in [5.41, 5.74) is 7.03. The van der Waals surface area contributed by atoms with Crippen LogP contribution in [0.3, 0.4) is 0 Å². The van der Waals surface area contributed by atoms with Crippen LogP contribution in [0.15, 0.2) is 42.5 Å². The van der Waals surface area contributed by atoms with E-state index < -0.39 is 5.92 Å². The van der Waals surface area contributed by atoms with Crippen LogP contribution in [0.4, 0.5) is 0 Å². The Hall–Kier alpha value is -3.57. The summed E-state index contributed by atoms with van der Waals surface area (Å²) in [7, 11) is 0. The van der Waals surface area contributed by atoms with E-state index in [4.69, 9.17) is 5.26 Å². The minimum atomic E-state index is -0.801. The predicted molar refractivity (Wildman–Crippen MR) is 133 cm³/mol. The molecule has 2 fully saturated rings. The molecule has 4 heterocycles. The highest BCUT2D eigenvalue weighted by Gasteiger charge is 2.50. The lowest BCUT2D eigenvalue weighted by Crippen LogP contribution is -2.69. The number of piperidine rings is 1. The fraction of sp³-hybridized carbons (Fsp3) is 0.500. The predicted octanol–water partition coefficient (Wildman–Crippen LogP) is 1.67. The van der Waals surface area contributed by atoms with Gasteiger partial charge in [-0.25, -0.2) is 5.43 Å². The maximum atomic E-state index is 12.9. The van der Waals surface area contributed by atoms with E-state index in [0.717, 1.165) is 36.2 Å². The van der Waals surface area contributed by atoms with E-state index in [1.807, 2.05) is 6.07 Å². The van der Waals surface area contributed by atoms with Crippen molar-refractivity contribution < 1.29 is 4.79 Å². The van der Waals surface area contributed by atoms with Crippen molar-refractivity contribution in [3.63, 3.8) is 0 Å². The van der Waals surface area contributed by atoms with Gasteiger partial charge >= 0.3 is 0 Å². The third-order valence-corrected chi connectivity index (χ3v) is 7.81. The zero-order chi connectivity index (χ0) is 25.4. The summed E-state index contributed by atoms with van der Waals surface area (Å²) < 4.78 is 0. The van der Waals surface area contributed by atoms with E-state index in [1.165, 1.54) is 5.56 Å². The number of amides is 1. The number of carbonyl (C=O) groups is 1. The normalized spacial score (nSPS) is 29.7. The summed E-state index contributed by atoms with van der Waals surface area (Å²) in [4.78, 5) is 26.6. The first kappa shape index (κ1) is 24.1. The molecule has 0 saturated carbocycles. The second-order valence-electron chi connectivity index (χ2n) is 9.85. The highest BCUT2D eigenvalue weighted by molar-refractivity contribution is 5.85. The summed E-state index contributed by atoms with van der Waals surface area (Å²) in [5, 5.41) is 23.7. The van der Waals surface area contributed by atoms with Crippen LogP contribution in [-0.4, -0.2) is 74.5 Å².